The Kier molecular flexibility index (Phi) is 10.0. The summed E-state index contributed by atoms with van der Waals surface area (Å²) in [7, 11) is 1.42. The number of hydrogen-bond donors (Lipinski definition) is 7. The predicted molar refractivity (Wildman–Crippen MR) is 172 cm³/mol. The van der Waals surface area contributed by atoms with Crippen molar-refractivity contribution in [1.29, 1.82) is 0 Å². The van der Waals surface area contributed by atoms with E-state index in [2.05, 4.69) is 13.8 Å². The van der Waals surface area contributed by atoms with E-state index in [1.807, 2.05) is 0 Å². The minimum absolute atomic E-state index is 0.0330. The molecule has 0 aromatic heterocycles. The molecular formula is C36H56O14. The van der Waals surface area contributed by atoms with Gasteiger partial charge in [0.25, 0.3) is 0 Å². The number of cyclic esters (lactones) is 1. The van der Waals surface area contributed by atoms with Gasteiger partial charge in [0, 0.05) is 30.9 Å². The third-order valence-electron chi connectivity index (χ3n) is 14.4. The Morgan fingerprint density at radius 2 is 1.62 bits per heavy atom. The summed E-state index contributed by atoms with van der Waals surface area (Å²) in [6.07, 6.45) is -5.43. The molecule has 7 N–H and O–H groups in total. The predicted octanol–water partition coefficient (Wildman–Crippen LogP) is -0.0948. The third kappa shape index (κ3) is 5.72. The summed E-state index contributed by atoms with van der Waals surface area (Å²) < 4.78 is 35.0. The van der Waals surface area contributed by atoms with Crippen LogP contribution in [0.4, 0.5) is 0 Å². The monoisotopic (exact) mass is 712 g/mol. The topological polar surface area (TPSA) is 214 Å². The number of carbonyl (C=O) groups excluding carboxylic acids is 1. The fraction of sp³-hybridized carbons (Fsp3) is 0.917. The molecule has 1 unspecified atom stereocenters. The number of carbonyl (C=O) groups is 1. The fourth-order valence-electron chi connectivity index (χ4n) is 11.7. The molecule has 50 heavy (non-hydrogen) atoms. The summed E-state index contributed by atoms with van der Waals surface area (Å²) in [5.41, 5.74) is -0.841. The standard InChI is InChI=1S/C36H56O14/c1-16-30(50-32-28(42)27(41)26(40)23(14-37)49-32)31(45-4)29(43)33(47-16)48-19-7-9-34(2)18(12-19)5-6-21-20(34)8-10-35(3)25(17-11-24(39)46-15-17)22(38)13-36(21,35)44/h11,16,18-23,25-33,37-38,40-44H,5-10,12-15H2,1-4H3/t16-,18-,19+,20+,21-,22+,23-,25+,26-,27+,28-,29-,30+,31-,32?,33+,34+,35-,36+/m1/s1. The lowest BCUT2D eigenvalue weighted by Gasteiger charge is -2.63. The number of hydrogen-bond acceptors (Lipinski definition) is 14. The summed E-state index contributed by atoms with van der Waals surface area (Å²) in [5.74, 6) is -0.0506. The molecule has 7 aliphatic rings. The highest BCUT2D eigenvalue weighted by atomic mass is 16.7. The first kappa shape index (κ1) is 37.1. The second-order valence-electron chi connectivity index (χ2n) is 16.7. The third-order valence-corrected chi connectivity index (χ3v) is 14.4. The van der Waals surface area contributed by atoms with Crippen molar-refractivity contribution in [1.82, 2.24) is 0 Å². The van der Waals surface area contributed by atoms with Crippen LogP contribution >= 0.6 is 0 Å². The van der Waals surface area contributed by atoms with Gasteiger partial charge in [0.1, 0.15) is 49.3 Å². The van der Waals surface area contributed by atoms with Gasteiger partial charge in [0.05, 0.1) is 30.5 Å². The van der Waals surface area contributed by atoms with E-state index in [-0.39, 0.29) is 41.8 Å². The van der Waals surface area contributed by atoms with Crippen molar-refractivity contribution >= 4 is 5.97 Å². The molecule has 6 fully saturated rings. The van der Waals surface area contributed by atoms with E-state index < -0.39 is 85.1 Å². The van der Waals surface area contributed by atoms with E-state index in [1.54, 1.807) is 6.92 Å². The Bertz CT molecular complexity index is 1300. The molecule has 0 bridgehead atoms. The van der Waals surface area contributed by atoms with Gasteiger partial charge in [-0.2, -0.15) is 0 Å². The zero-order valence-corrected chi connectivity index (χ0v) is 29.4. The number of aliphatic hydroxyl groups is 7. The lowest BCUT2D eigenvalue weighted by molar-refractivity contribution is -0.362. The van der Waals surface area contributed by atoms with Crippen LogP contribution < -0.4 is 0 Å². The lowest BCUT2D eigenvalue weighted by Crippen LogP contribution is -2.64. The summed E-state index contributed by atoms with van der Waals surface area (Å²) in [4.78, 5) is 11.9. The Morgan fingerprint density at radius 3 is 2.30 bits per heavy atom. The van der Waals surface area contributed by atoms with Gasteiger partial charge < -0.3 is 64.2 Å². The Balaban J connectivity index is 1.000. The lowest BCUT2D eigenvalue weighted by atomic mass is 9.43. The van der Waals surface area contributed by atoms with E-state index in [9.17, 15) is 40.5 Å². The van der Waals surface area contributed by atoms with Crippen LogP contribution in [-0.4, -0.2) is 141 Å². The van der Waals surface area contributed by atoms with E-state index >= 15 is 0 Å². The number of aliphatic hydroxyl groups excluding tert-OH is 6. The van der Waals surface area contributed by atoms with Gasteiger partial charge in [0.2, 0.25) is 0 Å². The minimum Gasteiger partial charge on any atom is -0.458 e. The van der Waals surface area contributed by atoms with Gasteiger partial charge in [-0.25, -0.2) is 4.79 Å². The van der Waals surface area contributed by atoms with E-state index in [0.29, 0.717) is 12.3 Å². The van der Waals surface area contributed by atoms with Crippen LogP contribution in [0.2, 0.25) is 0 Å². The molecule has 14 nitrogen and oxygen atoms in total. The highest BCUT2D eigenvalue weighted by Crippen LogP contribution is 2.70. The highest BCUT2D eigenvalue weighted by molar-refractivity contribution is 5.85. The zero-order valence-electron chi connectivity index (χ0n) is 29.4. The van der Waals surface area contributed by atoms with E-state index in [1.165, 1.54) is 13.2 Å². The van der Waals surface area contributed by atoms with Gasteiger partial charge >= 0.3 is 5.97 Å². The van der Waals surface area contributed by atoms with Crippen LogP contribution in [0, 0.1) is 34.5 Å². The Hall–Kier alpha value is -1.27. The number of ether oxygens (including phenoxy) is 6. The highest BCUT2D eigenvalue weighted by Gasteiger charge is 2.70. The van der Waals surface area contributed by atoms with Crippen LogP contribution in [0.3, 0.4) is 0 Å². The average molecular weight is 713 g/mol. The molecule has 4 aliphatic carbocycles. The van der Waals surface area contributed by atoms with Crippen LogP contribution in [0.1, 0.15) is 72.1 Å². The molecule has 0 radical (unpaired) electrons. The molecule has 4 saturated carbocycles. The maximum absolute atomic E-state index is 12.5. The van der Waals surface area contributed by atoms with E-state index in [4.69, 9.17) is 28.4 Å². The summed E-state index contributed by atoms with van der Waals surface area (Å²) in [6.45, 7) is 5.74. The molecule has 284 valence electrons. The van der Waals surface area contributed by atoms with Crippen molar-refractivity contribution in [3.05, 3.63) is 11.6 Å². The maximum Gasteiger partial charge on any atom is 0.331 e. The molecule has 0 spiro atoms. The summed E-state index contributed by atoms with van der Waals surface area (Å²) >= 11 is 0. The minimum atomic E-state index is -1.61. The number of methoxy groups -OCH3 is 1. The molecule has 0 aromatic carbocycles. The van der Waals surface area contributed by atoms with Crippen LogP contribution in [0.15, 0.2) is 11.6 Å². The first-order valence-corrected chi connectivity index (χ1v) is 18.4. The molecule has 0 aromatic rings. The second kappa shape index (κ2) is 13.5. The largest absolute Gasteiger partial charge is 0.458 e. The van der Waals surface area contributed by atoms with Crippen molar-refractivity contribution in [2.24, 2.45) is 34.5 Å². The SMILES string of the molecule is CO[C@@H]1[C@@H](O)[C@H](O[C@H]2CC[C@@]3(C)[C@H](CC[C@@H]4[C@@H]3CC[C@]3(C)[C@@H](C5=CC(=O)OC5)[C@@H](O)C[C@]43O)C2)O[C@H](C)[C@@H]1OC1O[C@H](CO)[C@@H](O)[C@H](O)[C@H]1O. The van der Waals surface area contributed by atoms with Crippen molar-refractivity contribution < 1.29 is 69.0 Å². The number of fused-ring (bicyclic) bond motifs is 5. The number of esters is 1. The Labute approximate surface area is 292 Å². The molecule has 14 heteroatoms. The van der Waals surface area contributed by atoms with Gasteiger partial charge in [-0.15, -0.1) is 0 Å². The first-order valence-electron chi connectivity index (χ1n) is 18.4. The molecule has 3 aliphatic heterocycles. The normalized spacial score (nSPS) is 55.1. The average Bonchev–Trinajstić information content (AvgIpc) is 3.59. The molecular weight excluding hydrogens is 656 g/mol. The molecule has 0 amide bonds. The first-order chi connectivity index (χ1) is 23.7. The molecule has 7 rings (SSSR count). The van der Waals surface area contributed by atoms with Crippen molar-refractivity contribution in [2.75, 3.05) is 20.3 Å². The van der Waals surface area contributed by atoms with Gasteiger partial charge in [0.15, 0.2) is 12.6 Å². The van der Waals surface area contributed by atoms with Crippen molar-refractivity contribution in [3.8, 4) is 0 Å². The second-order valence-corrected chi connectivity index (χ2v) is 16.7. The summed E-state index contributed by atoms with van der Waals surface area (Å²) in [5, 5.41) is 75.7. The summed E-state index contributed by atoms with van der Waals surface area (Å²) in [6, 6.07) is 0. The van der Waals surface area contributed by atoms with Gasteiger partial charge in [-0.05, 0) is 80.6 Å². The maximum atomic E-state index is 12.5. The number of rotatable bonds is 7. The van der Waals surface area contributed by atoms with Gasteiger partial charge in [-0.1, -0.05) is 13.8 Å². The van der Waals surface area contributed by atoms with Crippen LogP contribution in [0.5, 0.6) is 0 Å². The molecule has 2 saturated heterocycles. The molecule has 19 atom stereocenters. The zero-order chi connectivity index (χ0) is 35.9. The molecule has 3 heterocycles. The van der Waals surface area contributed by atoms with Crippen molar-refractivity contribution in [2.45, 2.75) is 151 Å². The van der Waals surface area contributed by atoms with Crippen LogP contribution in [0.25, 0.3) is 0 Å². The smallest absolute Gasteiger partial charge is 0.331 e. The van der Waals surface area contributed by atoms with Crippen molar-refractivity contribution in [3.63, 3.8) is 0 Å². The fourth-order valence-corrected chi connectivity index (χ4v) is 11.7. The Morgan fingerprint density at radius 1 is 0.880 bits per heavy atom. The van der Waals surface area contributed by atoms with E-state index in [0.717, 1.165) is 50.5 Å². The van der Waals surface area contributed by atoms with Crippen LogP contribution in [-0.2, 0) is 33.2 Å². The quantitative estimate of drug-likeness (QED) is 0.136. The van der Waals surface area contributed by atoms with Gasteiger partial charge in [-0.3, -0.25) is 0 Å².